The molecule has 3 aromatic rings. The number of anilines is 2. The average molecular weight is 471 g/mol. The maximum Gasteiger partial charge on any atom is 0.410 e. The molecule has 0 spiro atoms. The SMILES string of the molecule is COc1ccc(-c2nnc(Nc3cc(OC4CCN(C(=O)OC(C)C)CC4)ncn3)s2)cc1. The molecule has 0 atom stereocenters. The fourth-order valence-electron chi connectivity index (χ4n) is 3.31. The van der Waals surface area contributed by atoms with Gasteiger partial charge in [0.05, 0.1) is 13.2 Å². The predicted octanol–water partition coefficient (Wildman–Crippen LogP) is 4.14. The Morgan fingerprint density at radius 2 is 1.91 bits per heavy atom. The molecule has 1 fully saturated rings. The van der Waals surface area contributed by atoms with Crippen molar-refractivity contribution in [3.63, 3.8) is 0 Å². The normalized spacial score (nSPS) is 14.2. The number of piperidine rings is 1. The summed E-state index contributed by atoms with van der Waals surface area (Å²) in [7, 11) is 1.63. The van der Waals surface area contributed by atoms with Crippen LogP contribution in [0.1, 0.15) is 26.7 Å². The molecule has 0 aliphatic carbocycles. The number of amides is 1. The number of hydrogen-bond donors (Lipinski definition) is 1. The summed E-state index contributed by atoms with van der Waals surface area (Å²) in [4.78, 5) is 22.2. The van der Waals surface area contributed by atoms with E-state index < -0.39 is 0 Å². The number of aromatic nitrogens is 4. The van der Waals surface area contributed by atoms with E-state index in [1.807, 2.05) is 38.1 Å². The summed E-state index contributed by atoms with van der Waals surface area (Å²) in [6, 6.07) is 9.38. The van der Waals surface area contributed by atoms with E-state index in [1.165, 1.54) is 17.7 Å². The minimum Gasteiger partial charge on any atom is -0.497 e. The van der Waals surface area contributed by atoms with Crippen molar-refractivity contribution in [3.8, 4) is 22.2 Å². The van der Waals surface area contributed by atoms with E-state index in [4.69, 9.17) is 14.2 Å². The molecule has 2 aromatic heterocycles. The quantitative estimate of drug-likeness (QED) is 0.544. The molecule has 1 aliphatic heterocycles. The zero-order chi connectivity index (χ0) is 23.2. The van der Waals surface area contributed by atoms with Crippen LogP contribution in [0, 0.1) is 0 Å². The van der Waals surface area contributed by atoms with Crippen molar-refractivity contribution in [1.29, 1.82) is 0 Å². The number of hydrogen-bond acceptors (Lipinski definition) is 10. The number of methoxy groups -OCH3 is 1. The van der Waals surface area contributed by atoms with Gasteiger partial charge in [0, 0.05) is 37.6 Å². The molecule has 0 bridgehead atoms. The molecule has 3 heterocycles. The summed E-state index contributed by atoms with van der Waals surface area (Å²) in [6.45, 7) is 4.86. The predicted molar refractivity (Wildman–Crippen MR) is 124 cm³/mol. The van der Waals surface area contributed by atoms with E-state index in [2.05, 4.69) is 25.5 Å². The van der Waals surface area contributed by atoms with Crippen molar-refractivity contribution < 1.29 is 19.0 Å². The summed E-state index contributed by atoms with van der Waals surface area (Å²) in [5.74, 6) is 1.82. The number of nitrogens with zero attached hydrogens (tertiary/aromatic N) is 5. The lowest BCUT2D eigenvalue weighted by molar-refractivity contribution is 0.0507. The van der Waals surface area contributed by atoms with E-state index in [0.29, 0.717) is 42.8 Å². The Labute approximate surface area is 195 Å². The van der Waals surface area contributed by atoms with Crippen LogP contribution in [0.3, 0.4) is 0 Å². The molecule has 1 aliphatic rings. The highest BCUT2D eigenvalue weighted by molar-refractivity contribution is 7.18. The molecule has 0 radical (unpaired) electrons. The summed E-state index contributed by atoms with van der Waals surface area (Å²) in [5, 5.41) is 13.0. The Morgan fingerprint density at radius 3 is 2.61 bits per heavy atom. The van der Waals surface area contributed by atoms with Gasteiger partial charge in [0.15, 0.2) is 0 Å². The molecule has 1 saturated heterocycles. The average Bonchev–Trinajstić information content (AvgIpc) is 3.28. The van der Waals surface area contributed by atoms with Gasteiger partial charge in [-0.3, -0.25) is 0 Å². The third-order valence-electron chi connectivity index (χ3n) is 4.96. The number of ether oxygens (including phenoxy) is 3. The second-order valence-corrected chi connectivity index (χ2v) is 8.72. The lowest BCUT2D eigenvalue weighted by Gasteiger charge is -2.31. The van der Waals surface area contributed by atoms with Crippen LogP contribution in [0.5, 0.6) is 11.6 Å². The van der Waals surface area contributed by atoms with Crippen LogP contribution in [-0.4, -0.2) is 63.6 Å². The highest BCUT2D eigenvalue weighted by Crippen LogP contribution is 2.29. The molecule has 10 nitrogen and oxygen atoms in total. The summed E-state index contributed by atoms with van der Waals surface area (Å²) >= 11 is 1.42. The highest BCUT2D eigenvalue weighted by atomic mass is 32.1. The summed E-state index contributed by atoms with van der Waals surface area (Å²) in [6.07, 6.45) is 2.43. The van der Waals surface area contributed by atoms with E-state index >= 15 is 0 Å². The van der Waals surface area contributed by atoms with Gasteiger partial charge in [0.2, 0.25) is 11.0 Å². The first-order valence-electron chi connectivity index (χ1n) is 10.7. The maximum absolute atomic E-state index is 12.0. The van der Waals surface area contributed by atoms with E-state index in [-0.39, 0.29) is 18.3 Å². The lowest BCUT2D eigenvalue weighted by atomic mass is 10.1. The van der Waals surface area contributed by atoms with Crippen molar-refractivity contribution >= 4 is 28.4 Å². The van der Waals surface area contributed by atoms with Crippen molar-refractivity contribution in [2.75, 3.05) is 25.5 Å². The zero-order valence-electron chi connectivity index (χ0n) is 18.7. The summed E-state index contributed by atoms with van der Waals surface area (Å²) < 4.78 is 16.5. The first-order chi connectivity index (χ1) is 16.0. The van der Waals surface area contributed by atoms with Crippen LogP contribution in [0.15, 0.2) is 36.7 Å². The Kier molecular flexibility index (Phi) is 7.18. The Hall–Kier alpha value is -3.47. The van der Waals surface area contributed by atoms with Gasteiger partial charge in [0.1, 0.15) is 29.0 Å². The van der Waals surface area contributed by atoms with Crippen LogP contribution >= 0.6 is 11.3 Å². The fourth-order valence-corrected chi connectivity index (χ4v) is 4.06. The molecule has 174 valence electrons. The smallest absolute Gasteiger partial charge is 0.410 e. The molecule has 1 aromatic carbocycles. The summed E-state index contributed by atoms with van der Waals surface area (Å²) in [5.41, 5.74) is 0.955. The van der Waals surface area contributed by atoms with Gasteiger partial charge in [-0.15, -0.1) is 10.2 Å². The number of nitrogens with one attached hydrogen (secondary N) is 1. The van der Waals surface area contributed by atoms with Gasteiger partial charge in [-0.25, -0.2) is 14.8 Å². The third-order valence-corrected chi connectivity index (χ3v) is 5.85. The van der Waals surface area contributed by atoms with Gasteiger partial charge < -0.3 is 24.4 Å². The molecule has 4 rings (SSSR count). The first-order valence-corrected chi connectivity index (χ1v) is 11.5. The van der Waals surface area contributed by atoms with Gasteiger partial charge in [-0.1, -0.05) is 11.3 Å². The van der Waals surface area contributed by atoms with Crippen LogP contribution in [-0.2, 0) is 4.74 Å². The van der Waals surface area contributed by atoms with Crippen LogP contribution in [0.4, 0.5) is 15.7 Å². The Morgan fingerprint density at radius 1 is 1.15 bits per heavy atom. The third kappa shape index (κ3) is 6.07. The van der Waals surface area contributed by atoms with Crippen molar-refractivity contribution in [1.82, 2.24) is 25.1 Å². The Balaban J connectivity index is 1.32. The topological polar surface area (TPSA) is 112 Å². The lowest BCUT2D eigenvalue weighted by Crippen LogP contribution is -2.42. The van der Waals surface area contributed by atoms with Gasteiger partial charge in [0.25, 0.3) is 0 Å². The first kappa shape index (κ1) is 22.7. The number of carbonyl (C=O) groups is 1. The minimum atomic E-state index is -0.275. The van der Waals surface area contributed by atoms with E-state index in [9.17, 15) is 4.79 Å². The molecule has 0 unspecified atom stereocenters. The fraction of sp³-hybridized carbons (Fsp3) is 0.409. The second kappa shape index (κ2) is 10.4. The van der Waals surface area contributed by atoms with Crippen LogP contribution in [0.2, 0.25) is 0 Å². The van der Waals surface area contributed by atoms with Crippen LogP contribution in [0.25, 0.3) is 10.6 Å². The van der Waals surface area contributed by atoms with E-state index in [0.717, 1.165) is 16.3 Å². The number of benzene rings is 1. The molecule has 0 saturated carbocycles. The highest BCUT2D eigenvalue weighted by Gasteiger charge is 2.25. The second-order valence-electron chi connectivity index (χ2n) is 7.74. The molecule has 1 N–H and O–H groups in total. The van der Waals surface area contributed by atoms with Gasteiger partial charge in [-0.05, 0) is 38.1 Å². The molecular weight excluding hydrogens is 444 g/mol. The molecular formula is C22H26N6O4S. The van der Waals surface area contributed by atoms with Gasteiger partial charge >= 0.3 is 6.09 Å². The van der Waals surface area contributed by atoms with Crippen molar-refractivity contribution in [2.24, 2.45) is 0 Å². The van der Waals surface area contributed by atoms with Crippen molar-refractivity contribution in [2.45, 2.75) is 38.9 Å². The van der Waals surface area contributed by atoms with E-state index in [1.54, 1.807) is 18.1 Å². The monoisotopic (exact) mass is 470 g/mol. The maximum atomic E-state index is 12.0. The number of carbonyl (C=O) groups excluding carboxylic acids is 1. The number of likely N-dealkylation sites (tertiary alicyclic amines) is 1. The van der Waals surface area contributed by atoms with Crippen LogP contribution < -0.4 is 14.8 Å². The molecule has 1 amide bonds. The number of rotatable bonds is 7. The molecule has 11 heteroatoms. The van der Waals surface area contributed by atoms with Crippen molar-refractivity contribution in [3.05, 3.63) is 36.7 Å². The standard InChI is InChI=1S/C22H26N6O4S/c1-14(2)31-22(29)28-10-8-17(9-11-28)32-19-12-18(23-13-24-19)25-21-27-26-20(33-21)15-4-6-16(30-3)7-5-15/h4-7,12-14,17H,8-11H2,1-3H3,(H,23,24,25,27). The van der Waals surface area contributed by atoms with Gasteiger partial charge in [-0.2, -0.15) is 0 Å². The largest absolute Gasteiger partial charge is 0.497 e. The minimum absolute atomic E-state index is 0.0287. The zero-order valence-corrected chi connectivity index (χ0v) is 19.5. The Bertz CT molecular complexity index is 1070. The molecule has 33 heavy (non-hydrogen) atoms.